The molecule has 4 nitrogen and oxygen atoms in total. The summed E-state index contributed by atoms with van der Waals surface area (Å²) in [5.41, 5.74) is 4.65. The minimum Gasteiger partial charge on any atom is -0.464 e. The van der Waals surface area contributed by atoms with E-state index in [2.05, 4.69) is 5.43 Å². The van der Waals surface area contributed by atoms with Crippen molar-refractivity contribution in [3.05, 3.63) is 36.1 Å². The van der Waals surface area contributed by atoms with E-state index in [0.717, 1.165) is 16.5 Å². The molecule has 86 valence electrons. The molecular formula is C12H16N2O2. The van der Waals surface area contributed by atoms with Gasteiger partial charge in [0.25, 0.3) is 0 Å². The summed E-state index contributed by atoms with van der Waals surface area (Å²) in [5, 5.41) is 1.07. The molecule has 0 aliphatic heterocycles. The molecule has 1 unspecified atom stereocenters. The second-order valence-electron chi connectivity index (χ2n) is 3.57. The molecule has 0 saturated carbocycles. The Bertz CT molecular complexity index is 453. The molecule has 0 fully saturated rings. The number of para-hydroxylation sites is 1. The number of nitrogens with two attached hydrogens (primary N) is 1. The first-order chi connectivity index (χ1) is 7.86. The van der Waals surface area contributed by atoms with Crippen molar-refractivity contribution in [3.8, 4) is 0 Å². The van der Waals surface area contributed by atoms with Crippen molar-refractivity contribution < 1.29 is 9.15 Å². The van der Waals surface area contributed by atoms with Crippen molar-refractivity contribution in [2.24, 2.45) is 5.84 Å². The van der Waals surface area contributed by atoms with Crippen molar-refractivity contribution in [2.75, 3.05) is 13.2 Å². The van der Waals surface area contributed by atoms with Crippen LogP contribution in [0.3, 0.4) is 0 Å². The van der Waals surface area contributed by atoms with E-state index < -0.39 is 0 Å². The molecule has 1 aromatic carbocycles. The van der Waals surface area contributed by atoms with Crippen molar-refractivity contribution in [1.82, 2.24) is 5.43 Å². The number of rotatable bonds is 5. The van der Waals surface area contributed by atoms with E-state index >= 15 is 0 Å². The Hall–Kier alpha value is -1.36. The number of hydrogen-bond acceptors (Lipinski definition) is 4. The zero-order valence-corrected chi connectivity index (χ0v) is 9.27. The van der Waals surface area contributed by atoms with Gasteiger partial charge in [-0.1, -0.05) is 18.2 Å². The van der Waals surface area contributed by atoms with Gasteiger partial charge in [-0.05, 0) is 13.0 Å². The molecule has 2 rings (SSSR count). The van der Waals surface area contributed by atoms with Gasteiger partial charge in [0.2, 0.25) is 0 Å². The molecule has 2 aromatic rings. The highest BCUT2D eigenvalue weighted by atomic mass is 16.5. The highest BCUT2D eigenvalue weighted by Gasteiger charge is 2.15. The summed E-state index contributed by atoms with van der Waals surface area (Å²) in [5.74, 6) is 5.52. The molecule has 0 aliphatic carbocycles. The Balaban J connectivity index is 2.30. The summed E-state index contributed by atoms with van der Waals surface area (Å²) in [7, 11) is 0. The van der Waals surface area contributed by atoms with E-state index in [0.29, 0.717) is 13.2 Å². The molecule has 1 heterocycles. The molecule has 0 amide bonds. The van der Waals surface area contributed by atoms with Gasteiger partial charge in [-0.3, -0.25) is 11.3 Å². The zero-order valence-electron chi connectivity index (χ0n) is 9.27. The molecule has 0 saturated heterocycles. The second-order valence-corrected chi connectivity index (χ2v) is 3.57. The van der Waals surface area contributed by atoms with Crippen molar-refractivity contribution in [3.63, 3.8) is 0 Å². The van der Waals surface area contributed by atoms with E-state index in [1.807, 2.05) is 31.2 Å². The SMILES string of the molecule is CCOCC(NN)c1coc2ccccc12. The minimum absolute atomic E-state index is 0.0383. The van der Waals surface area contributed by atoms with Crippen LogP contribution < -0.4 is 11.3 Å². The zero-order chi connectivity index (χ0) is 11.4. The molecule has 0 radical (unpaired) electrons. The summed E-state index contributed by atoms with van der Waals surface area (Å²) in [6, 6.07) is 7.85. The normalized spacial score (nSPS) is 13.1. The number of furan rings is 1. The number of nitrogens with one attached hydrogen (secondary N) is 1. The van der Waals surface area contributed by atoms with Gasteiger partial charge in [0.05, 0.1) is 18.9 Å². The van der Waals surface area contributed by atoms with Crippen LogP contribution in [0, 0.1) is 0 Å². The van der Waals surface area contributed by atoms with Crippen LogP contribution in [0.1, 0.15) is 18.5 Å². The van der Waals surface area contributed by atoms with Crippen molar-refractivity contribution >= 4 is 11.0 Å². The lowest BCUT2D eigenvalue weighted by Crippen LogP contribution is -2.31. The Morgan fingerprint density at radius 2 is 2.25 bits per heavy atom. The highest BCUT2D eigenvalue weighted by molar-refractivity contribution is 5.81. The first-order valence-electron chi connectivity index (χ1n) is 5.36. The fourth-order valence-corrected chi connectivity index (χ4v) is 1.73. The predicted molar refractivity (Wildman–Crippen MR) is 62.8 cm³/mol. The van der Waals surface area contributed by atoms with Crippen LogP contribution in [-0.2, 0) is 4.74 Å². The lowest BCUT2D eigenvalue weighted by Gasteiger charge is -2.14. The number of ether oxygens (including phenoxy) is 1. The molecule has 0 bridgehead atoms. The van der Waals surface area contributed by atoms with Crippen LogP contribution in [0.2, 0.25) is 0 Å². The molecule has 3 N–H and O–H groups in total. The minimum atomic E-state index is -0.0383. The number of hydrazine groups is 1. The van der Waals surface area contributed by atoms with Gasteiger partial charge in [0, 0.05) is 17.6 Å². The first-order valence-corrected chi connectivity index (χ1v) is 5.36. The highest BCUT2D eigenvalue weighted by Crippen LogP contribution is 2.25. The average molecular weight is 220 g/mol. The van der Waals surface area contributed by atoms with Gasteiger partial charge < -0.3 is 9.15 Å². The van der Waals surface area contributed by atoms with Crippen LogP contribution in [0.25, 0.3) is 11.0 Å². The molecule has 1 atom stereocenters. The van der Waals surface area contributed by atoms with Crippen LogP contribution in [0.4, 0.5) is 0 Å². The number of fused-ring (bicyclic) bond motifs is 1. The van der Waals surface area contributed by atoms with Gasteiger partial charge in [0.15, 0.2) is 0 Å². The van der Waals surface area contributed by atoms with Crippen LogP contribution in [0.5, 0.6) is 0 Å². The molecule has 0 spiro atoms. The monoisotopic (exact) mass is 220 g/mol. The van der Waals surface area contributed by atoms with E-state index in [-0.39, 0.29) is 6.04 Å². The number of benzene rings is 1. The Kier molecular flexibility index (Phi) is 3.56. The van der Waals surface area contributed by atoms with Gasteiger partial charge in [-0.25, -0.2) is 0 Å². The lowest BCUT2D eigenvalue weighted by molar-refractivity contribution is 0.123. The summed E-state index contributed by atoms with van der Waals surface area (Å²) >= 11 is 0. The molecule has 1 aromatic heterocycles. The largest absolute Gasteiger partial charge is 0.464 e. The van der Waals surface area contributed by atoms with Crippen LogP contribution in [0.15, 0.2) is 34.9 Å². The van der Waals surface area contributed by atoms with Crippen molar-refractivity contribution in [1.29, 1.82) is 0 Å². The van der Waals surface area contributed by atoms with Gasteiger partial charge in [0.1, 0.15) is 5.58 Å². The van der Waals surface area contributed by atoms with Gasteiger partial charge in [-0.15, -0.1) is 0 Å². The summed E-state index contributed by atoms with van der Waals surface area (Å²) in [6.45, 7) is 3.17. The Morgan fingerprint density at radius 3 is 3.00 bits per heavy atom. The summed E-state index contributed by atoms with van der Waals surface area (Å²) in [6.07, 6.45) is 1.73. The van der Waals surface area contributed by atoms with E-state index in [1.165, 1.54) is 0 Å². The fourth-order valence-electron chi connectivity index (χ4n) is 1.73. The maximum absolute atomic E-state index is 5.52. The third-order valence-corrected chi connectivity index (χ3v) is 2.58. The first kappa shape index (κ1) is 11.1. The Labute approximate surface area is 94.3 Å². The summed E-state index contributed by atoms with van der Waals surface area (Å²) in [4.78, 5) is 0. The smallest absolute Gasteiger partial charge is 0.134 e. The predicted octanol–water partition coefficient (Wildman–Crippen LogP) is 1.97. The van der Waals surface area contributed by atoms with Crippen molar-refractivity contribution in [2.45, 2.75) is 13.0 Å². The molecular weight excluding hydrogens is 204 g/mol. The molecule has 0 aliphatic rings. The maximum atomic E-state index is 5.52. The maximum Gasteiger partial charge on any atom is 0.134 e. The average Bonchev–Trinajstić information content (AvgIpc) is 2.75. The van der Waals surface area contributed by atoms with E-state index in [1.54, 1.807) is 6.26 Å². The van der Waals surface area contributed by atoms with Gasteiger partial charge in [-0.2, -0.15) is 0 Å². The van der Waals surface area contributed by atoms with Crippen LogP contribution in [-0.4, -0.2) is 13.2 Å². The second kappa shape index (κ2) is 5.12. The number of hydrogen-bond donors (Lipinski definition) is 2. The third-order valence-electron chi connectivity index (χ3n) is 2.58. The van der Waals surface area contributed by atoms with Crippen LogP contribution >= 0.6 is 0 Å². The Morgan fingerprint density at radius 1 is 1.44 bits per heavy atom. The third kappa shape index (κ3) is 2.09. The summed E-state index contributed by atoms with van der Waals surface area (Å²) < 4.78 is 10.8. The van der Waals surface area contributed by atoms with E-state index in [9.17, 15) is 0 Å². The quantitative estimate of drug-likeness (QED) is 0.597. The van der Waals surface area contributed by atoms with E-state index in [4.69, 9.17) is 15.0 Å². The lowest BCUT2D eigenvalue weighted by atomic mass is 10.1. The fraction of sp³-hybridized carbons (Fsp3) is 0.333. The molecule has 4 heteroatoms. The van der Waals surface area contributed by atoms with Gasteiger partial charge >= 0.3 is 0 Å². The topological polar surface area (TPSA) is 60.4 Å². The standard InChI is InChI=1S/C12H16N2O2/c1-2-15-8-11(14-13)10-7-16-12-6-4-3-5-9(10)12/h3-7,11,14H,2,8,13H2,1H3. The molecule has 16 heavy (non-hydrogen) atoms.